The maximum absolute atomic E-state index is 12.2. The van der Waals surface area contributed by atoms with E-state index in [-0.39, 0.29) is 11.9 Å². The van der Waals surface area contributed by atoms with E-state index in [1.807, 2.05) is 37.4 Å². The molecule has 1 aromatic carbocycles. The van der Waals surface area contributed by atoms with Crippen LogP contribution >= 0.6 is 0 Å². The molecular formula is C15H17N3O. The lowest BCUT2D eigenvalue weighted by Gasteiger charge is -2.23. The third kappa shape index (κ3) is 2.38. The number of carbonyl (C=O) groups excluding carboxylic acids is 1. The Bertz CT molecular complexity index is 603. The van der Waals surface area contributed by atoms with Crippen molar-refractivity contribution in [1.29, 1.82) is 0 Å². The van der Waals surface area contributed by atoms with E-state index in [4.69, 9.17) is 0 Å². The van der Waals surface area contributed by atoms with Gasteiger partial charge in [0.25, 0.3) is 5.91 Å². The fourth-order valence-electron chi connectivity index (χ4n) is 2.62. The number of nitrogens with one attached hydrogen (secondary N) is 2. The summed E-state index contributed by atoms with van der Waals surface area (Å²) in [7, 11) is 0. The second kappa shape index (κ2) is 4.88. The van der Waals surface area contributed by atoms with Crippen LogP contribution in [0.25, 0.3) is 0 Å². The molecule has 0 fully saturated rings. The van der Waals surface area contributed by atoms with Gasteiger partial charge in [0.1, 0.15) is 0 Å². The lowest BCUT2D eigenvalue weighted by molar-refractivity contribution is 0.0933. The molecule has 1 aromatic heterocycles. The molecule has 19 heavy (non-hydrogen) atoms. The molecule has 3 rings (SSSR count). The molecule has 2 aromatic rings. The van der Waals surface area contributed by atoms with Crippen LogP contribution in [-0.4, -0.2) is 22.1 Å². The van der Waals surface area contributed by atoms with Crippen molar-refractivity contribution in [2.24, 2.45) is 0 Å². The van der Waals surface area contributed by atoms with Crippen molar-refractivity contribution in [3.63, 3.8) is 0 Å². The Morgan fingerprint density at radius 1 is 1.42 bits per heavy atom. The Morgan fingerprint density at radius 3 is 3.11 bits per heavy atom. The molecule has 1 atom stereocenters. The van der Waals surface area contributed by atoms with Gasteiger partial charge in [0.2, 0.25) is 0 Å². The van der Waals surface area contributed by atoms with Gasteiger partial charge in [0.15, 0.2) is 0 Å². The Balaban J connectivity index is 1.70. The monoisotopic (exact) mass is 255 g/mol. The van der Waals surface area contributed by atoms with E-state index in [1.54, 1.807) is 0 Å². The number of H-pyrrole nitrogens is 1. The Labute approximate surface area is 112 Å². The van der Waals surface area contributed by atoms with E-state index < -0.39 is 0 Å². The van der Waals surface area contributed by atoms with Crippen LogP contribution in [0.1, 0.15) is 33.6 Å². The molecule has 0 spiro atoms. The average molecular weight is 255 g/mol. The van der Waals surface area contributed by atoms with Gasteiger partial charge in [-0.1, -0.05) is 18.2 Å². The smallest absolute Gasteiger partial charge is 0.251 e. The molecule has 4 nitrogen and oxygen atoms in total. The number of aromatic amines is 1. The quantitative estimate of drug-likeness (QED) is 0.862. The second-order valence-corrected chi connectivity index (χ2v) is 5.10. The first-order valence-corrected chi connectivity index (χ1v) is 6.61. The van der Waals surface area contributed by atoms with E-state index in [0.29, 0.717) is 0 Å². The summed E-state index contributed by atoms with van der Waals surface area (Å²) < 4.78 is 0. The first-order valence-electron chi connectivity index (χ1n) is 6.61. The van der Waals surface area contributed by atoms with E-state index in [2.05, 4.69) is 15.5 Å². The molecule has 4 heteroatoms. The zero-order valence-electron chi connectivity index (χ0n) is 10.9. The summed E-state index contributed by atoms with van der Waals surface area (Å²) in [6, 6.07) is 7.87. The van der Waals surface area contributed by atoms with Crippen molar-refractivity contribution in [2.45, 2.75) is 32.2 Å². The van der Waals surface area contributed by atoms with Crippen LogP contribution in [0.2, 0.25) is 0 Å². The minimum absolute atomic E-state index is 0.0195. The maximum atomic E-state index is 12.2. The molecule has 1 unspecified atom stereocenters. The number of hydrogen-bond donors (Lipinski definition) is 2. The third-order valence-electron chi connectivity index (χ3n) is 3.75. The van der Waals surface area contributed by atoms with Crippen molar-refractivity contribution >= 4 is 5.91 Å². The number of fused-ring (bicyclic) bond motifs is 1. The Kier molecular flexibility index (Phi) is 3.07. The Morgan fingerprint density at radius 2 is 2.26 bits per heavy atom. The summed E-state index contributed by atoms with van der Waals surface area (Å²) in [5.41, 5.74) is 4.21. The predicted octanol–water partition coefficient (Wildman–Crippen LogP) is 2.01. The number of benzene rings is 1. The van der Waals surface area contributed by atoms with Gasteiger partial charge in [-0.25, -0.2) is 0 Å². The molecule has 0 saturated heterocycles. The molecule has 1 aliphatic carbocycles. The lowest BCUT2D eigenvalue weighted by Crippen LogP contribution is -2.39. The van der Waals surface area contributed by atoms with Gasteiger partial charge in [-0.05, 0) is 37.0 Å². The molecule has 2 N–H and O–H groups in total. The highest BCUT2D eigenvalue weighted by Gasteiger charge is 2.22. The van der Waals surface area contributed by atoms with Gasteiger partial charge in [-0.3, -0.25) is 9.89 Å². The van der Waals surface area contributed by atoms with Gasteiger partial charge in [0.05, 0.1) is 6.20 Å². The van der Waals surface area contributed by atoms with Gasteiger partial charge in [0, 0.05) is 23.7 Å². The minimum atomic E-state index is 0.0195. The van der Waals surface area contributed by atoms with E-state index in [0.717, 1.165) is 36.1 Å². The van der Waals surface area contributed by atoms with Crippen molar-refractivity contribution in [3.05, 3.63) is 52.8 Å². The van der Waals surface area contributed by atoms with Gasteiger partial charge < -0.3 is 5.32 Å². The SMILES string of the molecule is Cc1ccccc1C(=O)NC1CCc2cn[nH]c2C1. The molecule has 1 amide bonds. The lowest BCUT2D eigenvalue weighted by atomic mass is 9.93. The van der Waals surface area contributed by atoms with Crippen LogP contribution < -0.4 is 5.32 Å². The number of aryl methyl sites for hydroxylation is 2. The highest BCUT2D eigenvalue weighted by molar-refractivity contribution is 5.95. The van der Waals surface area contributed by atoms with Crippen molar-refractivity contribution in [1.82, 2.24) is 15.5 Å². The van der Waals surface area contributed by atoms with Crippen LogP contribution in [0.3, 0.4) is 0 Å². The number of amides is 1. The second-order valence-electron chi connectivity index (χ2n) is 5.10. The number of rotatable bonds is 2. The molecule has 1 aliphatic rings. The van der Waals surface area contributed by atoms with Crippen LogP contribution in [0, 0.1) is 6.92 Å². The summed E-state index contributed by atoms with van der Waals surface area (Å²) in [4.78, 5) is 12.2. The topological polar surface area (TPSA) is 57.8 Å². The molecule has 1 heterocycles. The first kappa shape index (κ1) is 12.0. The number of hydrogen-bond acceptors (Lipinski definition) is 2. The average Bonchev–Trinajstić information content (AvgIpc) is 2.86. The number of carbonyl (C=O) groups is 1. The standard InChI is InChI=1S/C15H17N3O/c1-10-4-2-3-5-13(10)15(19)17-12-7-6-11-9-16-18-14(11)8-12/h2-5,9,12H,6-8H2,1H3,(H,16,18)(H,17,19). The van der Waals surface area contributed by atoms with Crippen molar-refractivity contribution < 1.29 is 4.79 Å². The predicted molar refractivity (Wildman–Crippen MR) is 73.0 cm³/mol. The van der Waals surface area contributed by atoms with E-state index >= 15 is 0 Å². The Hall–Kier alpha value is -2.10. The summed E-state index contributed by atoms with van der Waals surface area (Å²) in [6.45, 7) is 1.96. The third-order valence-corrected chi connectivity index (χ3v) is 3.75. The summed E-state index contributed by atoms with van der Waals surface area (Å²) in [5, 5.41) is 10.2. The van der Waals surface area contributed by atoms with Crippen LogP contribution in [0.15, 0.2) is 30.5 Å². The summed E-state index contributed by atoms with van der Waals surface area (Å²) in [5.74, 6) is 0.0195. The normalized spacial score (nSPS) is 17.8. The van der Waals surface area contributed by atoms with Crippen molar-refractivity contribution in [3.8, 4) is 0 Å². The molecule has 0 bridgehead atoms. The fourth-order valence-corrected chi connectivity index (χ4v) is 2.62. The highest BCUT2D eigenvalue weighted by Crippen LogP contribution is 2.19. The zero-order chi connectivity index (χ0) is 13.2. The molecule has 0 aliphatic heterocycles. The number of aromatic nitrogens is 2. The van der Waals surface area contributed by atoms with Crippen LogP contribution in [0.4, 0.5) is 0 Å². The zero-order valence-corrected chi connectivity index (χ0v) is 10.9. The fraction of sp³-hybridized carbons (Fsp3) is 0.333. The van der Waals surface area contributed by atoms with E-state index in [1.165, 1.54) is 5.56 Å². The van der Waals surface area contributed by atoms with Crippen LogP contribution in [-0.2, 0) is 12.8 Å². The molecule has 98 valence electrons. The minimum Gasteiger partial charge on any atom is -0.349 e. The summed E-state index contributed by atoms with van der Waals surface area (Å²) >= 11 is 0. The highest BCUT2D eigenvalue weighted by atomic mass is 16.1. The largest absolute Gasteiger partial charge is 0.349 e. The number of nitrogens with zero attached hydrogens (tertiary/aromatic N) is 1. The van der Waals surface area contributed by atoms with E-state index in [9.17, 15) is 4.79 Å². The summed E-state index contributed by atoms with van der Waals surface area (Å²) in [6.07, 6.45) is 4.68. The van der Waals surface area contributed by atoms with Gasteiger partial charge in [-0.15, -0.1) is 0 Å². The molecule has 0 saturated carbocycles. The molecular weight excluding hydrogens is 238 g/mol. The molecule has 0 radical (unpaired) electrons. The van der Waals surface area contributed by atoms with Gasteiger partial charge in [-0.2, -0.15) is 5.10 Å². The van der Waals surface area contributed by atoms with Crippen molar-refractivity contribution in [2.75, 3.05) is 0 Å². The maximum Gasteiger partial charge on any atom is 0.251 e. The van der Waals surface area contributed by atoms with Crippen LogP contribution in [0.5, 0.6) is 0 Å². The van der Waals surface area contributed by atoms with Gasteiger partial charge >= 0.3 is 0 Å². The first-order chi connectivity index (χ1) is 9.24.